The summed E-state index contributed by atoms with van der Waals surface area (Å²) < 4.78 is 4.80. The van der Waals surface area contributed by atoms with E-state index in [4.69, 9.17) is 0 Å². The van der Waals surface area contributed by atoms with E-state index in [0.717, 1.165) is 26.4 Å². The molecule has 0 radical (unpaired) electrons. The Morgan fingerprint density at radius 1 is 1.05 bits per heavy atom. The Balaban J connectivity index is 2.01. The minimum atomic E-state index is 0.256. The Morgan fingerprint density at radius 2 is 1.90 bits per heavy atom. The first-order chi connectivity index (χ1) is 10.1. The van der Waals surface area contributed by atoms with E-state index in [9.17, 15) is 5.11 Å². The maximum atomic E-state index is 10.5. The summed E-state index contributed by atoms with van der Waals surface area (Å²) in [5.74, 6) is 0.256. The number of fused-ring (bicyclic) bond motifs is 2. The molecule has 1 N–H and O–H groups in total. The summed E-state index contributed by atoms with van der Waals surface area (Å²) in [5.41, 5.74) is 2.09. The van der Waals surface area contributed by atoms with Gasteiger partial charge in [0.25, 0.3) is 0 Å². The van der Waals surface area contributed by atoms with Crippen molar-refractivity contribution in [2.75, 3.05) is 0 Å². The van der Waals surface area contributed by atoms with E-state index in [2.05, 4.69) is 38.7 Å². The second kappa shape index (κ2) is 4.40. The third-order valence-electron chi connectivity index (χ3n) is 3.92. The predicted molar refractivity (Wildman–Crippen MR) is 89.1 cm³/mol. The molecular weight excluding hydrogens is 328 g/mol. The van der Waals surface area contributed by atoms with Crippen LogP contribution in [-0.2, 0) is 7.05 Å². The van der Waals surface area contributed by atoms with E-state index >= 15 is 0 Å². The largest absolute Gasteiger partial charge is 0.494 e. The van der Waals surface area contributed by atoms with Gasteiger partial charge in [0.05, 0.1) is 11.1 Å². The number of rotatable bonds is 1. The maximum absolute atomic E-state index is 10.5. The van der Waals surface area contributed by atoms with Crippen molar-refractivity contribution in [2.45, 2.75) is 0 Å². The molecular formula is C17H13BrN2O. The fourth-order valence-corrected chi connectivity index (χ4v) is 3.36. The van der Waals surface area contributed by atoms with Crippen LogP contribution in [0.15, 0.2) is 59.3 Å². The number of nitrogens with zero attached hydrogens (tertiary/aromatic N) is 2. The first-order valence-corrected chi connectivity index (χ1v) is 7.48. The van der Waals surface area contributed by atoms with Crippen molar-refractivity contribution in [2.24, 2.45) is 7.05 Å². The lowest BCUT2D eigenvalue weighted by Crippen LogP contribution is -1.92. The van der Waals surface area contributed by atoms with Gasteiger partial charge in [-0.25, -0.2) is 0 Å². The number of hydrogen-bond acceptors (Lipinski definition) is 1. The Bertz CT molecular complexity index is 981. The quantitative estimate of drug-likeness (QED) is 0.539. The maximum Gasteiger partial charge on any atom is 0.204 e. The molecule has 104 valence electrons. The molecule has 0 aliphatic carbocycles. The highest BCUT2D eigenvalue weighted by Gasteiger charge is 2.12. The number of aromatic hydroxyl groups is 1. The number of halogens is 1. The third kappa shape index (κ3) is 1.79. The normalized spacial score (nSPS) is 11.5. The molecule has 0 aliphatic rings. The molecule has 0 fully saturated rings. The Kier molecular flexibility index (Phi) is 2.62. The van der Waals surface area contributed by atoms with Gasteiger partial charge in [-0.1, -0.05) is 18.2 Å². The van der Waals surface area contributed by atoms with Gasteiger partial charge in [0.1, 0.15) is 0 Å². The zero-order valence-corrected chi connectivity index (χ0v) is 13.0. The smallest absolute Gasteiger partial charge is 0.204 e. The molecule has 0 saturated heterocycles. The summed E-state index contributed by atoms with van der Waals surface area (Å²) in [7, 11) is 2.02. The molecule has 2 aromatic carbocycles. The van der Waals surface area contributed by atoms with E-state index in [-0.39, 0.29) is 5.88 Å². The fraction of sp³-hybridized carbons (Fsp3) is 0.0588. The molecule has 0 spiro atoms. The topological polar surface area (TPSA) is 30.1 Å². The Morgan fingerprint density at radius 3 is 2.71 bits per heavy atom. The molecule has 3 nitrogen and oxygen atoms in total. The lowest BCUT2D eigenvalue weighted by molar-refractivity contribution is 0.448. The average Bonchev–Trinajstić information content (AvgIpc) is 3.01. The molecule has 2 heterocycles. The highest BCUT2D eigenvalue weighted by Crippen LogP contribution is 2.35. The van der Waals surface area contributed by atoms with Crippen LogP contribution in [0.5, 0.6) is 5.88 Å². The lowest BCUT2D eigenvalue weighted by atomic mass is 10.2. The third-order valence-corrected chi connectivity index (χ3v) is 4.58. The van der Waals surface area contributed by atoms with Gasteiger partial charge in [-0.05, 0) is 45.6 Å². The second-order valence-corrected chi connectivity index (χ2v) is 6.05. The van der Waals surface area contributed by atoms with Crippen LogP contribution in [0.4, 0.5) is 0 Å². The zero-order chi connectivity index (χ0) is 14.6. The van der Waals surface area contributed by atoms with Gasteiger partial charge in [0, 0.05) is 34.8 Å². The summed E-state index contributed by atoms with van der Waals surface area (Å²) in [6.07, 6.45) is 4.00. The monoisotopic (exact) mass is 340 g/mol. The minimum Gasteiger partial charge on any atom is -0.494 e. The van der Waals surface area contributed by atoms with E-state index in [1.807, 2.05) is 48.3 Å². The van der Waals surface area contributed by atoms with Gasteiger partial charge in [-0.3, -0.25) is 4.57 Å². The van der Waals surface area contributed by atoms with Crippen molar-refractivity contribution in [1.82, 2.24) is 9.13 Å². The zero-order valence-electron chi connectivity index (χ0n) is 11.4. The van der Waals surface area contributed by atoms with Crippen molar-refractivity contribution in [1.29, 1.82) is 0 Å². The molecule has 2 aromatic heterocycles. The van der Waals surface area contributed by atoms with E-state index in [1.165, 1.54) is 5.39 Å². The average molecular weight is 341 g/mol. The summed E-state index contributed by atoms with van der Waals surface area (Å²) in [6, 6.07) is 14.2. The van der Waals surface area contributed by atoms with Crippen LogP contribution in [0.3, 0.4) is 0 Å². The van der Waals surface area contributed by atoms with Crippen LogP contribution in [0.2, 0.25) is 0 Å². The van der Waals surface area contributed by atoms with Gasteiger partial charge in [-0.2, -0.15) is 0 Å². The molecule has 4 rings (SSSR count). The molecule has 0 aliphatic heterocycles. The van der Waals surface area contributed by atoms with Crippen LogP contribution < -0.4 is 0 Å². The van der Waals surface area contributed by atoms with Crippen LogP contribution in [0, 0.1) is 0 Å². The van der Waals surface area contributed by atoms with Gasteiger partial charge in [0.2, 0.25) is 5.88 Å². The molecule has 21 heavy (non-hydrogen) atoms. The SMILES string of the molecule is Cn1ccc2ccc(-n3cc4cccc(Br)c4c3O)cc21. The summed E-state index contributed by atoms with van der Waals surface area (Å²) in [6.45, 7) is 0. The number of aryl methyl sites for hydroxylation is 1. The van der Waals surface area contributed by atoms with Gasteiger partial charge >= 0.3 is 0 Å². The highest BCUT2D eigenvalue weighted by atomic mass is 79.9. The predicted octanol–water partition coefficient (Wildman–Crippen LogP) is 4.59. The van der Waals surface area contributed by atoms with E-state index in [0.29, 0.717) is 0 Å². The first-order valence-electron chi connectivity index (χ1n) is 6.69. The molecule has 0 bridgehead atoms. The van der Waals surface area contributed by atoms with Gasteiger partial charge in [0.15, 0.2) is 0 Å². The Labute approximate surface area is 130 Å². The molecule has 0 amide bonds. The van der Waals surface area contributed by atoms with Crippen molar-refractivity contribution in [3.05, 3.63) is 59.3 Å². The lowest BCUT2D eigenvalue weighted by Gasteiger charge is -2.06. The highest BCUT2D eigenvalue weighted by molar-refractivity contribution is 9.10. The van der Waals surface area contributed by atoms with Crippen LogP contribution >= 0.6 is 15.9 Å². The minimum absolute atomic E-state index is 0.256. The molecule has 4 aromatic rings. The van der Waals surface area contributed by atoms with Crippen molar-refractivity contribution in [3.63, 3.8) is 0 Å². The second-order valence-electron chi connectivity index (χ2n) is 5.20. The summed E-state index contributed by atoms with van der Waals surface area (Å²) in [4.78, 5) is 0. The Hall–Kier alpha value is -2.20. The molecule has 0 atom stereocenters. The summed E-state index contributed by atoms with van der Waals surface area (Å²) in [5, 5.41) is 13.6. The van der Waals surface area contributed by atoms with Crippen molar-refractivity contribution in [3.8, 4) is 11.6 Å². The molecule has 4 heteroatoms. The van der Waals surface area contributed by atoms with Crippen molar-refractivity contribution < 1.29 is 5.11 Å². The van der Waals surface area contributed by atoms with Crippen LogP contribution in [-0.4, -0.2) is 14.2 Å². The van der Waals surface area contributed by atoms with Crippen LogP contribution in [0.25, 0.3) is 27.4 Å². The van der Waals surface area contributed by atoms with E-state index in [1.54, 1.807) is 0 Å². The number of benzene rings is 2. The van der Waals surface area contributed by atoms with Crippen molar-refractivity contribution >= 4 is 37.6 Å². The number of aromatic nitrogens is 2. The fourth-order valence-electron chi connectivity index (χ4n) is 2.80. The van der Waals surface area contributed by atoms with Crippen LogP contribution in [0.1, 0.15) is 0 Å². The summed E-state index contributed by atoms with van der Waals surface area (Å²) >= 11 is 3.50. The standard InChI is InChI=1S/C17H13BrN2O/c1-19-8-7-11-5-6-13(9-15(11)19)20-10-12-3-2-4-14(18)16(12)17(20)21/h2-10,21H,1H3. The van der Waals surface area contributed by atoms with Gasteiger partial charge < -0.3 is 9.67 Å². The number of hydrogen-bond donors (Lipinski definition) is 1. The van der Waals surface area contributed by atoms with Gasteiger partial charge in [-0.15, -0.1) is 0 Å². The first kappa shape index (κ1) is 12.5. The molecule has 0 saturated carbocycles. The molecule has 0 unspecified atom stereocenters. The van der Waals surface area contributed by atoms with E-state index < -0.39 is 0 Å².